The largest absolute Gasteiger partial charge is 0.493 e. The van der Waals surface area contributed by atoms with Crippen molar-refractivity contribution in [1.82, 2.24) is 14.8 Å². The number of carbonyl (C=O) groups excluding carboxylic acids is 1. The summed E-state index contributed by atoms with van der Waals surface area (Å²) < 4.78 is 12.3. The van der Waals surface area contributed by atoms with E-state index in [-0.39, 0.29) is 5.91 Å². The highest BCUT2D eigenvalue weighted by molar-refractivity contribution is 7.13. The maximum Gasteiger partial charge on any atom is 0.258 e. The third-order valence-corrected chi connectivity index (χ3v) is 5.84. The van der Waals surface area contributed by atoms with Gasteiger partial charge < -0.3 is 14.8 Å². The zero-order chi connectivity index (χ0) is 22.0. The van der Waals surface area contributed by atoms with Gasteiger partial charge in [0.15, 0.2) is 11.5 Å². The second-order valence-electron chi connectivity index (χ2n) is 6.58. The van der Waals surface area contributed by atoms with Crippen LogP contribution in [0.15, 0.2) is 53.9 Å². The molecule has 0 spiro atoms. The molecule has 0 bridgehead atoms. The van der Waals surface area contributed by atoms with Crippen molar-refractivity contribution in [2.75, 3.05) is 19.5 Å². The fraction of sp³-hybridized carbons (Fsp3) is 0.136. The first kappa shape index (κ1) is 20.9. The van der Waals surface area contributed by atoms with Gasteiger partial charge in [-0.2, -0.15) is 5.10 Å². The molecule has 0 unspecified atom stereocenters. The van der Waals surface area contributed by atoms with Gasteiger partial charge in [-0.1, -0.05) is 23.7 Å². The number of ether oxygens (including phenoxy) is 2. The van der Waals surface area contributed by atoms with E-state index in [2.05, 4.69) is 10.4 Å². The molecule has 0 saturated carbocycles. The van der Waals surface area contributed by atoms with E-state index in [1.165, 1.54) is 11.3 Å². The Kier molecular flexibility index (Phi) is 5.92. The summed E-state index contributed by atoms with van der Waals surface area (Å²) in [5.74, 6) is 1.54. The summed E-state index contributed by atoms with van der Waals surface area (Å²) in [4.78, 5) is 17.3. The van der Waals surface area contributed by atoms with Gasteiger partial charge in [0.05, 0.1) is 30.5 Å². The van der Waals surface area contributed by atoms with Crippen LogP contribution in [0.5, 0.6) is 11.5 Å². The van der Waals surface area contributed by atoms with Crippen LogP contribution < -0.4 is 14.8 Å². The van der Waals surface area contributed by atoms with Crippen LogP contribution in [-0.4, -0.2) is 34.9 Å². The number of aryl methyl sites for hydroxylation is 1. The molecular formula is C22H19ClN4O3S. The molecule has 7 nitrogen and oxygen atoms in total. The van der Waals surface area contributed by atoms with Crippen molar-refractivity contribution in [3.63, 3.8) is 0 Å². The lowest BCUT2D eigenvalue weighted by Gasteiger charge is -2.08. The van der Waals surface area contributed by atoms with E-state index < -0.39 is 0 Å². The van der Waals surface area contributed by atoms with Crippen molar-refractivity contribution < 1.29 is 14.3 Å². The van der Waals surface area contributed by atoms with Crippen LogP contribution in [0.1, 0.15) is 10.4 Å². The number of hydrogen-bond donors (Lipinski definition) is 1. The van der Waals surface area contributed by atoms with Crippen LogP contribution >= 0.6 is 22.9 Å². The molecule has 2 aromatic carbocycles. The number of nitrogens with zero attached hydrogens (tertiary/aromatic N) is 3. The summed E-state index contributed by atoms with van der Waals surface area (Å²) in [5, 5.41) is 10.4. The van der Waals surface area contributed by atoms with Crippen LogP contribution in [0.2, 0.25) is 5.02 Å². The highest BCUT2D eigenvalue weighted by atomic mass is 35.5. The van der Waals surface area contributed by atoms with Crippen LogP contribution in [0.4, 0.5) is 5.82 Å². The number of benzene rings is 2. The average molecular weight is 455 g/mol. The van der Waals surface area contributed by atoms with Gasteiger partial charge in [0.1, 0.15) is 16.5 Å². The van der Waals surface area contributed by atoms with Crippen molar-refractivity contribution in [3.8, 4) is 33.5 Å². The van der Waals surface area contributed by atoms with Crippen molar-refractivity contribution >= 4 is 34.7 Å². The Labute approximate surface area is 188 Å². The topological polar surface area (TPSA) is 78.3 Å². The van der Waals surface area contributed by atoms with Crippen molar-refractivity contribution in [2.24, 2.45) is 7.05 Å². The van der Waals surface area contributed by atoms with Crippen LogP contribution in [-0.2, 0) is 7.05 Å². The summed E-state index contributed by atoms with van der Waals surface area (Å²) >= 11 is 7.59. The molecule has 0 atom stereocenters. The summed E-state index contributed by atoms with van der Waals surface area (Å²) in [5.41, 5.74) is 2.77. The van der Waals surface area contributed by atoms with E-state index in [9.17, 15) is 4.79 Å². The average Bonchev–Trinajstić information content (AvgIpc) is 3.41. The van der Waals surface area contributed by atoms with Gasteiger partial charge >= 0.3 is 0 Å². The molecule has 4 rings (SSSR count). The second kappa shape index (κ2) is 8.79. The van der Waals surface area contributed by atoms with Crippen LogP contribution in [0, 0.1) is 0 Å². The standard InChI is InChI=1S/C22H19ClN4O3S/c1-27-20(25-21(28)14-6-4-5-7-15(14)23)11-16(26-27)22-24-17(12-31-22)13-8-9-18(29-2)19(10-13)30-3/h4-12H,1-3H3,(H,25,28). The van der Waals surface area contributed by atoms with Gasteiger partial charge in [0.2, 0.25) is 0 Å². The molecule has 0 radical (unpaired) electrons. The molecule has 158 valence electrons. The minimum Gasteiger partial charge on any atom is -0.493 e. The summed E-state index contributed by atoms with van der Waals surface area (Å²) in [6.07, 6.45) is 0. The van der Waals surface area contributed by atoms with Gasteiger partial charge in [-0.05, 0) is 30.3 Å². The van der Waals surface area contributed by atoms with Gasteiger partial charge in [0.25, 0.3) is 5.91 Å². The summed E-state index contributed by atoms with van der Waals surface area (Å²) in [7, 11) is 4.96. The zero-order valence-corrected chi connectivity index (χ0v) is 18.6. The Balaban J connectivity index is 1.58. The number of hydrogen-bond acceptors (Lipinski definition) is 6. The highest BCUT2D eigenvalue weighted by Gasteiger charge is 2.16. The van der Waals surface area contributed by atoms with Gasteiger partial charge in [-0.25, -0.2) is 4.98 Å². The molecule has 2 heterocycles. The zero-order valence-electron chi connectivity index (χ0n) is 17.0. The Morgan fingerprint density at radius 3 is 2.58 bits per heavy atom. The lowest BCUT2D eigenvalue weighted by molar-refractivity contribution is 0.102. The molecule has 1 N–H and O–H groups in total. The minimum atomic E-state index is -0.301. The first-order chi connectivity index (χ1) is 15.0. The van der Waals surface area contributed by atoms with E-state index in [4.69, 9.17) is 26.1 Å². The predicted molar refractivity (Wildman–Crippen MR) is 122 cm³/mol. The van der Waals surface area contributed by atoms with Crippen molar-refractivity contribution in [1.29, 1.82) is 0 Å². The number of rotatable bonds is 6. The minimum absolute atomic E-state index is 0.301. The maximum absolute atomic E-state index is 12.6. The third-order valence-electron chi connectivity index (χ3n) is 4.64. The van der Waals surface area contributed by atoms with Crippen LogP contribution in [0.25, 0.3) is 22.0 Å². The SMILES string of the molecule is COc1ccc(-c2csc(-c3cc(NC(=O)c4ccccc4Cl)n(C)n3)n2)cc1OC. The van der Waals surface area contributed by atoms with Crippen LogP contribution in [0.3, 0.4) is 0 Å². The second-order valence-corrected chi connectivity index (χ2v) is 7.85. The molecular weight excluding hydrogens is 436 g/mol. The number of nitrogens with one attached hydrogen (secondary N) is 1. The molecule has 4 aromatic rings. The molecule has 9 heteroatoms. The Morgan fingerprint density at radius 1 is 1.06 bits per heavy atom. The fourth-order valence-electron chi connectivity index (χ4n) is 3.04. The molecule has 0 aliphatic heterocycles. The number of halogens is 1. The number of thiazole rings is 1. The van der Waals surface area contributed by atoms with E-state index in [0.29, 0.717) is 33.6 Å². The molecule has 0 saturated heterocycles. The first-order valence-corrected chi connectivity index (χ1v) is 10.5. The predicted octanol–water partition coefficient (Wildman–Crippen LogP) is 5.13. The normalized spacial score (nSPS) is 10.7. The Morgan fingerprint density at radius 2 is 1.84 bits per heavy atom. The third kappa shape index (κ3) is 4.26. The number of aromatic nitrogens is 3. The monoisotopic (exact) mass is 454 g/mol. The smallest absolute Gasteiger partial charge is 0.258 e. The molecule has 31 heavy (non-hydrogen) atoms. The summed E-state index contributed by atoms with van der Waals surface area (Å²) in [6, 6.07) is 14.3. The summed E-state index contributed by atoms with van der Waals surface area (Å²) in [6.45, 7) is 0. The van der Waals surface area contributed by atoms with E-state index >= 15 is 0 Å². The van der Waals surface area contributed by atoms with Gasteiger partial charge in [-0.15, -0.1) is 11.3 Å². The Bertz CT molecular complexity index is 1250. The van der Waals surface area contributed by atoms with E-state index in [1.807, 2.05) is 23.6 Å². The molecule has 0 aliphatic rings. The fourth-order valence-corrected chi connectivity index (χ4v) is 4.04. The highest BCUT2D eigenvalue weighted by Crippen LogP contribution is 2.34. The molecule has 1 amide bonds. The number of methoxy groups -OCH3 is 2. The maximum atomic E-state index is 12.6. The van der Waals surface area contributed by atoms with E-state index in [1.54, 1.807) is 56.3 Å². The van der Waals surface area contributed by atoms with Crippen molar-refractivity contribution in [3.05, 3.63) is 64.5 Å². The quantitative estimate of drug-likeness (QED) is 0.436. The number of amides is 1. The number of anilines is 1. The number of carbonyl (C=O) groups is 1. The first-order valence-electron chi connectivity index (χ1n) is 9.28. The lowest BCUT2D eigenvalue weighted by Crippen LogP contribution is -2.14. The van der Waals surface area contributed by atoms with E-state index in [0.717, 1.165) is 16.3 Å². The molecule has 2 aromatic heterocycles. The molecule has 0 fully saturated rings. The molecule has 0 aliphatic carbocycles. The Hall–Kier alpha value is -3.36. The van der Waals surface area contributed by atoms with Gasteiger partial charge in [-0.3, -0.25) is 9.48 Å². The van der Waals surface area contributed by atoms with Gasteiger partial charge in [0, 0.05) is 24.1 Å². The van der Waals surface area contributed by atoms with Crippen molar-refractivity contribution in [2.45, 2.75) is 0 Å². The lowest BCUT2D eigenvalue weighted by atomic mass is 10.1.